The highest BCUT2D eigenvalue weighted by Crippen LogP contribution is 2.42. The van der Waals surface area contributed by atoms with Crippen LogP contribution in [0.15, 0.2) is 42.9 Å². The average Bonchev–Trinajstić information content (AvgIpc) is 3.39. The number of nitrogens with zero attached hydrogens (tertiary/aromatic N) is 1. The van der Waals surface area contributed by atoms with E-state index >= 15 is 0 Å². The molecule has 38 heavy (non-hydrogen) atoms. The SMILES string of the molecule is COc1ccc(/C=C\c2cc(OC)c(OC)c(OC)c2)cc1OP(=O)(O)O.NC(Cc1cnc[nH]1)C(=O)O. The minimum Gasteiger partial charge on any atom is -0.493 e. The summed E-state index contributed by atoms with van der Waals surface area (Å²) in [7, 11) is 1.26. The fourth-order valence-corrected chi connectivity index (χ4v) is 3.51. The molecule has 14 heteroatoms. The molecule has 6 N–H and O–H groups in total. The predicted octanol–water partition coefficient (Wildman–Crippen LogP) is 2.73. The molecule has 1 unspecified atom stereocenters. The Morgan fingerprint density at radius 3 is 2.03 bits per heavy atom. The van der Waals surface area contributed by atoms with Gasteiger partial charge >= 0.3 is 13.8 Å². The number of ether oxygens (including phenoxy) is 4. The smallest absolute Gasteiger partial charge is 0.493 e. The number of aliphatic carboxylic acids is 1. The van der Waals surface area contributed by atoms with Gasteiger partial charge in [-0.25, -0.2) is 9.55 Å². The Morgan fingerprint density at radius 2 is 1.55 bits per heavy atom. The Morgan fingerprint density at radius 1 is 0.974 bits per heavy atom. The summed E-state index contributed by atoms with van der Waals surface area (Å²) < 4.78 is 36.8. The Balaban J connectivity index is 0.000000384. The van der Waals surface area contributed by atoms with E-state index in [1.165, 1.54) is 40.8 Å². The lowest BCUT2D eigenvalue weighted by atomic mass is 10.1. The highest BCUT2D eigenvalue weighted by atomic mass is 31.2. The molecule has 0 spiro atoms. The van der Waals surface area contributed by atoms with E-state index in [0.717, 1.165) is 11.3 Å². The van der Waals surface area contributed by atoms with Gasteiger partial charge in [0.1, 0.15) is 6.04 Å². The van der Waals surface area contributed by atoms with Gasteiger partial charge in [-0.2, -0.15) is 0 Å². The molecular formula is C24H30N3O10P. The molecule has 0 saturated carbocycles. The fourth-order valence-electron chi connectivity index (χ4n) is 3.11. The number of hydrogen-bond donors (Lipinski definition) is 5. The number of imidazole rings is 1. The van der Waals surface area contributed by atoms with Crippen LogP contribution in [0.5, 0.6) is 28.7 Å². The Kier molecular flexibility index (Phi) is 11.2. The van der Waals surface area contributed by atoms with Gasteiger partial charge in [0, 0.05) is 18.3 Å². The summed E-state index contributed by atoms with van der Waals surface area (Å²) in [6.45, 7) is 0. The number of nitrogens with two attached hydrogens (primary N) is 1. The number of carboxylic acid groups (broad SMARTS) is 1. The number of carbonyl (C=O) groups is 1. The zero-order valence-corrected chi connectivity index (χ0v) is 22.0. The molecule has 2 aromatic carbocycles. The number of carboxylic acids is 1. The van der Waals surface area contributed by atoms with Gasteiger partial charge in [-0.05, 0) is 35.4 Å². The zero-order valence-electron chi connectivity index (χ0n) is 21.2. The van der Waals surface area contributed by atoms with E-state index < -0.39 is 19.8 Å². The van der Waals surface area contributed by atoms with Gasteiger partial charge in [0.2, 0.25) is 5.75 Å². The third-order valence-electron chi connectivity index (χ3n) is 4.87. The predicted molar refractivity (Wildman–Crippen MR) is 139 cm³/mol. The van der Waals surface area contributed by atoms with E-state index in [2.05, 4.69) is 14.5 Å². The maximum atomic E-state index is 11.1. The number of hydrogen-bond acceptors (Lipinski definition) is 9. The maximum Gasteiger partial charge on any atom is 0.524 e. The Hall–Kier alpha value is -4.03. The van der Waals surface area contributed by atoms with Crippen molar-refractivity contribution in [1.29, 1.82) is 0 Å². The zero-order chi connectivity index (χ0) is 28.3. The first-order valence-corrected chi connectivity index (χ1v) is 12.4. The molecule has 206 valence electrons. The summed E-state index contributed by atoms with van der Waals surface area (Å²) in [4.78, 5) is 34.8. The third kappa shape index (κ3) is 9.12. The van der Waals surface area contributed by atoms with Crippen LogP contribution in [-0.4, -0.2) is 65.3 Å². The summed E-state index contributed by atoms with van der Waals surface area (Å²) in [5.41, 5.74) is 7.42. The van der Waals surface area contributed by atoms with Crippen molar-refractivity contribution in [2.75, 3.05) is 28.4 Å². The van der Waals surface area contributed by atoms with Crippen LogP contribution in [0.1, 0.15) is 16.8 Å². The molecule has 3 rings (SSSR count). The molecule has 3 aromatic rings. The van der Waals surface area contributed by atoms with Crippen LogP contribution in [-0.2, 0) is 15.8 Å². The maximum absolute atomic E-state index is 11.1. The van der Waals surface area contributed by atoms with Crippen LogP contribution in [0.3, 0.4) is 0 Å². The van der Waals surface area contributed by atoms with Gasteiger partial charge in [0.05, 0.1) is 34.8 Å². The van der Waals surface area contributed by atoms with Crippen molar-refractivity contribution in [3.05, 3.63) is 59.7 Å². The van der Waals surface area contributed by atoms with E-state index in [0.29, 0.717) is 22.8 Å². The van der Waals surface area contributed by atoms with Gasteiger partial charge in [-0.3, -0.25) is 14.6 Å². The van der Waals surface area contributed by atoms with Gasteiger partial charge in [0.15, 0.2) is 23.0 Å². The highest BCUT2D eigenvalue weighted by Gasteiger charge is 2.19. The van der Waals surface area contributed by atoms with Crippen molar-refractivity contribution in [3.63, 3.8) is 0 Å². The second kappa shape index (κ2) is 14.1. The van der Waals surface area contributed by atoms with Gasteiger partial charge in [-0.1, -0.05) is 18.2 Å². The number of methoxy groups -OCH3 is 4. The van der Waals surface area contributed by atoms with Crippen LogP contribution in [0.25, 0.3) is 12.2 Å². The van der Waals surface area contributed by atoms with Gasteiger partial charge in [0.25, 0.3) is 0 Å². The average molecular weight is 551 g/mol. The molecular weight excluding hydrogens is 521 g/mol. The molecule has 1 atom stereocenters. The van der Waals surface area contributed by atoms with E-state index in [4.69, 9.17) is 39.6 Å². The Bertz CT molecular complexity index is 1250. The van der Waals surface area contributed by atoms with Crippen molar-refractivity contribution >= 4 is 25.9 Å². The van der Waals surface area contributed by atoms with Crippen LogP contribution >= 0.6 is 7.82 Å². The molecule has 0 saturated heterocycles. The van der Waals surface area contributed by atoms with Gasteiger partial charge in [-0.15, -0.1) is 0 Å². The van der Waals surface area contributed by atoms with E-state index in [-0.39, 0.29) is 17.9 Å². The first kappa shape index (κ1) is 30.2. The first-order chi connectivity index (χ1) is 18.0. The second-order valence-corrected chi connectivity index (χ2v) is 8.67. The van der Waals surface area contributed by atoms with Crippen LogP contribution < -0.4 is 29.2 Å². The molecule has 0 aliphatic rings. The van der Waals surface area contributed by atoms with Crippen LogP contribution in [0, 0.1) is 0 Å². The summed E-state index contributed by atoms with van der Waals surface area (Å²) in [5.74, 6) is 0.660. The van der Waals surface area contributed by atoms with Crippen molar-refractivity contribution in [1.82, 2.24) is 9.97 Å². The topological polar surface area (TPSA) is 196 Å². The summed E-state index contributed by atoms with van der Waals surface area (Å²) in [5, 5.41) is 8.42. The molecule has 0 amide bonds. The number of phosphoric ester groups is 1. The van der Waals surface area contributed by atoms with Crippen molar-refractivity contribution in [3.8, 4) is 28.7 Å². The molecule has 0 radical (unpaired) electrons. The van der Waals surface area contributed by atoms with Gasteiger partial charge < -0.3 is 39.3 Å². The molecule has 0 fully saturated rings. The monoisotopic (exact) mass is 551 g/mol. The fraction of sp³-hybridized carbons (Fsp3) is 0.250. The second-order valence-electron chi connectivity index (χ2n) is 7.51. The number of benzene rings is 2. The number of nitrogens with one attached hydrogen (secondary N) is 1. The number of rotatable bonds is 11. The van der Waals surface area contributed by atoms with Crippen LogP contribution in [0.4, 0.5) is 0 Å². The largest absolute Gasteiger partial charge is 0.524 e. The molecule has 1 aromatic heterocycles. The van der Waals surface area contributed by atoms with E-state index in [9.17, 15) is 9.36 Å². The summed E-state index contributed by atoms with van der Waals surface area (Å²) in [6, 6.07) is 7.44. The lowest BCUT2D eigenvalue weighted by Crippen LogP contribution is -2.32. The first-order valence-electron chi connectivity index (χ1n) is 10.9. The van der Waals surface area contributed by atoms with Crippen molar-refractivity contribution < 1.29 is 47.7 Å². The highest BCUT2D eigenvalue weighted by molar-refractivity contribution is 7.46. The van der Waals surface area contributed by atoms with E-state index in [1.807, 2.05) is 0 Å². The molecule has 0 bridgehead atoms. The third-order valence-corrected chi connectivity index (χ3v) is 5.31. The van der Waals surface area contributed by atoms with E-state index in [1.54, 1.807) is 42.6 Å². The minimum absolute atomic E-state index is 0.0575. The molecule has 1 heterocycles. The standard InChI is InChI=1S/C18H21O8P.C6H9N3O2/c1-22-14-8-7-12(9-15(14)26-27(19,20)21)5-6-13-10-16(23-2)18(25-4)17(11-13)24-3;7-5(6(10)11)1-4-2-8-3-9-4/h5-11H,1-4H3,(H2,19,20,21);2-3,5H,1,7H2,(H,8,9)(H,10,11)/b6-5-;. The quantitative estimate of drug-likeness (QED) is 0.173. The molecule has 0 aliphatic heterocycles. The van der Waals surface area contributed by atoms with Crippen LogP contribution in [0.2, 0.25) is 0 Å². The lowest BCUT2D eigenvalue weighted by Gasteiger charge is -2.13. The van der Waals surface area contributed by atoms with Crippen molar-refractivity contribution in [2.24, 2.45) is 5.73 Å². The summed E-state index contributed by atoms with van der Waals surface area (Å²) in [6.07, 6.45) is 6.86. The van der Waals surface area contributed by atoms with Crippen molar-refractivity contribution in [2.45, 2.75) is 12.5 Å². The minimum atomic E-state index is -4.71. The molecule has 13 nitrogen and oxygen atoms in total. The molecule has 0 aliphatic carbocycles. The number of aromatic amines is 1. The number of phosphoric acid groups is 1. The Labute approximate surface area is 219 Å². The number of aromatic nitrogens is 2. The normalized spacial score (nSPS) is 11.8. The number of H-pyrrole nitrogens is 1. The summed E-state index contributed by atoms with van der Waals surface area (Å²) >= 11 is 0. The lowest BCUT2D eigenvalue weighted by molar-refractivity contribution is -0.138.